The van der Waals surface area contributed by atoms with Gasteiger partial charge in [-0.25, -0.2) is 4.79 Å². The smallest absolute Gasteiger partial charge is 0.328 e. The van der Waals surface area contributed by atoms with E-state index in [4.69, 9.17) is 4.74 Å². The van der Waals surface area contributed by atoms with E-state index in [1.807, 2.05) is 6.07 Å². The van der Waals surface area contributed by atoms with Gasteiger partial charge in [-0.05, 0) is 25.5 Å². The molecule has 1 amide bonds. The Morgan fingerprint density at radius 2 is 1.95 bits per heavy atom. The third-order valence-electron chi connectivity index (χ3n) is 2.86. The minimum Gasteiger partial charge on any atom is -0.467 e. The lowest BCUT2D eigenvalue weighted by Crippen LogP contribution is -2.43. The number of methoxy groups -OCH3 is 1. The number of hydrogen-bond donors (Lipinski definition) is 1. The fourth-order valence-corrected chi connectivity index (χ4v) is 2.88. The first-order chi connectivity index (χ1) is 10.6. The molecule has 0 fully saturated rings. The third kappa shape index (κ3) is 6.36. The van der Waals surface area contributed by atoms with E-state index < -0.39 is 28.7 Å². The molecule has 1 aromatic carbocycles. The summed E-state index contributed by atoms with van der Waals surface area (Å²) in [5.41, 5.74) is 0. The number of ether oxygens (including phenoxy) is 2. The van der Waals surface area contributed by atoms with Gasteiger partial charge in [-0.15, -0.1) is 0 Å². The van der Waals surface area contributed by atoms with Crippen LogP contribution in [0.25, 0.3) is 0 Å². The number of esters is 1. The van der Waals surface area contributed by atoms with Gasteiger partial charge in [-0.1, -0.05) is 18.2 Å². The van der Waals surface area contributed by atoms with Gasteiger partial charge in [-0.2, -0.15) is 0 Å². The van der Waals surface area contributed by atoms with Gasteiger partial charge in [0.2, 0.25) is 5.91 Å². The summed E-state index contributed by atoms with van der Waals surface area (Å²) in [6, 6.07) is 8.13. The molecule has 7 heteroatoms. The van der Waals surface area contributed by atoms with Crippen molar-refractivity contribution >= 4 is 22.7 Å². The number of carbonyl (C=O) groups excluding carboxylic acids is 2. The minimum atomic E-state index is -1.23. The number of carbonyl (C=O) groups is 2. The van der Waals surface area contributed by atoms with E-state index in [1.165, 1.54) is 7.11 Å². The zero-order valence-electron chi connectivity index (χ0n) is 12.7. The van der Waals surface area contributed by atoms with Crippen LogP contribution in [0.3, 0.4) is 0 Å². The van der Waals surface area contributed by atoms with Gasteiger partial charge >= 0.3 is 5.97 Å². The molecule has 0 bridgehead atoms. The second-order valence-corrected chi connectivity index (χ2v) is 6.00. The maximum absolute atomic E-state index is 12.1. The Hall–Kier alpha value is -1.73. The van der Waals surface area contributed by atoms with Crippen LogP contribution in [0, 0.1) is 0 Å². The molecule has 22 heavy (non-hydrogen) atoms. The summed E-state index contributed by atoms with van der Waals surface area (Å²) < 4.78 is 21.8. The van der Waals surface area contributed by atoms with Crippen LogP contribution in [0.2, 0.25) is 0 Å². The Morgan fingerprint density at radius 3 is 2.55 bits per heavy atom. The Balaban J connectivity index is 2.56. The van der Waals surface area contributed by atoms with Crippen molar-refractivity contribution in [2.24, 2.45) is 0 Å². The second kappa shape index (κ2) is 10.1. The van der Waals surface area contributed by atoms with Crippen LogP contribution < -0.4 is 5.32 Å². The zero-order chi connectivity index (χ0) is 16.4. The van der Waals surface area contributed by atoms with E-state index in [-0.39, 0.29) is 18.8 Å². The van der Waals surface area contributed by atoms with Crippen LogP contribution in [0.4, 0.5) is 0 Å². The predicted molar refractivity (Wildman–Crippen MR) is 82.8 cm³/mol. The highest BCUT2D eigenvalue weighted by molar-refractivity contribution is 7.85. The van der Waals surface area contributed by atoms with Gasteiger partial charge in [0.25, 0.3) is 0 Å². The fraction of sp³-hybridized carbons (Fsp3) is 0.467. The summed E-state index contributed by atoms with van der Waals surface area (Å²) in [7, 11) is 0.0152. The molecular formula is C15H21NO5S. The monoisotopic (exact) mass is 327 g/mol. The lowest BCUT2D eigenvalue weighted by molar-refractivity contribution is -0.145. The molecular weight excluding hydrogens is 306 g/mol. The van der Waals surface area contributed by atoms with Crippen LogP contribution in [-0.2, 0) is 29.9 Å². The summed E-state index contributed by atoms with van der Waals surface area (Å²) in [5.74, 6) is -0.712. The maximum atomic E-state index is 12.1. The van der Waals surface area contributed by atoms with Crippen molar-refractivity contribution < 1.29 is 23.3 Å². The summed E-state index contributed by atoms with van der Waals surface area (Å²) in [5, 5.41) is 2.54. The van der Waals surface area contributed by atoms with Crippen LogP contribution in [-0.4, -0.2) is 48.2 Å². The lowest BCUT2D eigenvalue weighted by atomic mass is 10.2. The van der Waals surface area contributed by atoms with Crippen molar-refractivity contribution in [3.05, 3.63) is 30.3 Å². The average molecular weight is 327 g/mol. The largest absolute Gasteiger partial charge is 0.467 e. The maximum Gasteiger partial charge on any atom is 0.328 e. The molecule has 0 aliphatic rings. The van der Waals surface area contributed by atoms with E-state index in [2.05, 4.69) is 10.1 Å². The SMILES string of the molecule is CCOCC(=O)N[C@H](CC[S@](=O)c1ccccc1)C(=O)OC. The highest BCUT2D eigenvalue weighted by Gasteiger charge is 2.22. The average Bonchev–Trinajstić information content (AvgIpc) is 2.56. The van der Waals surface area contributed by atoms with Crippen LogP contribution in [0.5, 0.6) is 0 Å². The molecule has 1 aromatic rings. The minimum absolute atomic E-state index is 0.119. The predicted octanol–water partition coefficient (Wildman–Crippen LogP) is 0.879. The number of rotatable bonds is 9. The zero-order valence-corrected chi connectivity index (χ0v) is 13.6. The second-order valence-electron chi connectivity index (χ2n) is 4.43. The quantitative estimate of drug-likeness (QED) is 0.681. The Bertz CT molecular complexity index is 506. The molecule has 2 atom stereocenters. The van der Waals surface area contributed by atoms with E-state index in [0.717, 1.165) is 0 Å². The Kier molecular flexibility index (Phi) is 8.39. The van der Waals surface area contributed by atoms with Crippen molar-refractivity contribution in [1.82, 2.24) is 5.32 Å². The first-order valence-corrected chi connectivity index (χ1v) is 8.28. The van der Waals surface area contributed by atoms with Gasteiger partial charge < -0.3 is 14.8 Å². The van der Waals surface area contributed by atoms with Crippen LogP contribution in [0.1, 0.15) is 13.3 Å². The molecule has 122 valence electrons. The molecule has 1 rings (SSSR count). The molecule has 0 spiro atoms. The normalized spacial score (nSPS) is 13.2. The van der Waals surface area contributed by atoms with Gasteiger partial charge in [0, 0.05) is 17.3 Å². The van der Waals surface area contributed by atoms with Gasteiger partial charge in [0.15, 0.2) is 0 Å². The first kappa shape index (κ1) is 18.3. The molecule has 0 heterocycles. The summed E-state index contributed by atoms with van der Waals surface area (Å²) in [6.45, 7) is 2.06. The number of amides is 1. The van der Waals surface area contributed by atoms with Crippen molar-refractivity contribution in [3.63, 3.8) is 0 Å². The van der Waals surface area contributed by atoms with Crippen LogP contribution >= 0.6 is 0 Å². The highest BCUT2D eigenvalue weighted by Crippen LogP contribution is 2.08. The Labute approximate surface area is 132 Å². The first-order valence-electron chi connectivity index (χ1n) is 6.96. The fourth-order valence-electron chi connectivity index (χ4n) is 1.74. The molecule has 0 unspecified atom stereocenters. The van der Waals surface area contributed by atoms with Crippen molar-refractivity contribution in [1.29, 1.82) is 0 Å². The molecule has 0 saturated heterocycles. The standard InChI is InChI=1S/C15H21NO5S/c1-3-21-11-14(17)16-13(15(18)20-2)9-10-22(19)12-7-5-4-6-8-12/h4-8,13H,3,9-11H2,1-2H3,(H,16,17)/t13-,22+/m1/s1. The molecule has 0 radical (unpaired) electrons. The lowest BCUT2D eigenvalue weighted by Gasteiger charge is -2.16. The highest BCUT2D eigenvalue weighted by atomic mass is 32.2. The summed E-state index contributed by atoms with van der Waals surface area (Å²) in [4.78, 5) is 24.0. The summed E-state index contributed by atoms with van der Waals surface area (Å²) in [6.07, 6.45) is 0.228. The Morgan fingerprint density at radius 1 is 1.27 bits per heavy atom. The number of benzene rings is 1. The van der Waals surface area contributed by atoms with Gasteiger partial charge in [0.1, 0.15) is 12.6 Å². The van der Waals surface area contributed by atoms with Crippen molar-refractivity contribution in [2.75, 3.05) is 26.1 Å². The van der Waals surface area contributed by atoms with E-state index in [1.54, 1.807) is 31.2 Å². The van der Waals surface area contributed by atoms with Gasteiger partial charge in [-0.3, -0.25) is 9.00 Å². The van der Waals surface area contributed by atoms with Gasteiger partial charge in [0.05, 0.1) is 17.9 Å². The number of hydrogen-bond acceptors (Lipinski definition) is 5. The topological polar surface area (TPSA) is 81.7 Å². The van der Waals surface area contributed by atoms with Crippen molar-refractivity contribution in [2.45, 2.75) is 24.3 Å². The van der Waals surface area contributed by atoms with E-state index >= 15 is 0 Å². The molecule has 1 N–H and O–H groups in total. The van der Waals surface area contributed by atoms with Crippen molar-refractivity contribution in [3.8, 4) is 0 Å². The number of nitrogens with one attached hydrogen (secondary N) is 1. The van der Waals surface area contributed by atoms with Crippen LogP contribution in [0.15, 0.2) is 35.2 Å². The molecule has 0 aromatic heterocycles. The molecule has 6 nitrogen and oxygen atoms in total. The van der Waals surface area contributed by atoms with E-state index in [9.17, 15) is 13.8 Å². The van der Waals surface area contributed by atoms with E-state index in [0.29, 0.717) is 11.5 Å². The molecule has 0 aliphatic heterocycles. The molecule has 0 aliphatic carbocycles. The molecule has 0 saturated carbocycles. The summed E-state index contributed by atoms with van der Waals surface area (Å²) >= 11 is 0. The third-order valence-corrected chi connectivity index (χ3v) is 4.26.